The van der Waals surface area contributed by atoms with Gasteiger partial charge in [-0.25, -0.2) is 0 Å². The summed E-state index contributed by atoms with van der Waals surface area (Å²) in [4.78, 5) is 2.32. The van der Waals surface area contributed by atoms with Crippen molar-refractivity contribution in [3.05, 3.63) is 212 Å². The van der Waals surface area contributed by atoms with E-state index >= 15 is 0 Å². The van der Waals surface area contributed by atoms with Crippen LogP contribution in [0.15, 0.2) is 221 Å². The molecule has 0 aliphatic rings. The fourth-order valence-corrected chi connectivity index (χ4v) is 9.03. The van der Waals surface area contributed by atoms with Crippen LogP contribution in [0.4, 0.5) is 17.1 Å². The maximum Gasteiger partial charge on any atom is 0.160 e. The molecule has 2 aromatic heterocycles. The minimum absolute atomic E-state index is 0.807. The standard InChI is InChI=1S/C56H35NO2/c1-3-14-38(15-4-1)44-33-34-51(56-52(44)49-23-11-21-46(54(49)59-56)39-16-5-2-6-17-39)57(43-30-27-37(28-31-43)42-26-25-36-13-7-8-19-41(36)35-42)50-24-12-22-47-48-32-29-40-18-9-10-20-45(40)53(48)58-55(47)50/h1-35H. The first-order valence-electron chi connectivity index (χ1n) is 20.1. The van der Waals surface area contributed by atoms with Gasteiger partial charge in [0.25, 0.3) is 0 Å². The SMILES string of the molecule is c1ccc(-c2cccc3c2oc2c(N(c4ccc(-c5ccc6ccccc6c5)cc4)c4cccc5c4oc4c6ccccc6ccc54)ccc(-c4ccccc4)c23)cc1. The predicted octanol–water partition coefficient (Wildman–Crippen LogP) is 16.3. The van der Waals surface area contributed by atoms with E-state index in [1.165, 1.54) is 16.3 Å². The van der Waals surface area contributed by atoms with Gasteiger partial charge in [0.05, 0.1) is 11.4 Å². The third kappa shape index (κ3) is 5.36. The Kier molecular flexibility index (Phi) is 7.54. The number of rotatable bonds is 6. The summed E-state index contributed by atoms with van der Waals surface area (Å²) in [7, 11) is 0. The molecule has 0 bridgehead atoms. The van der Waals surface area contributed by atoms with Crippen molar-refractivity contribution < 1.29 is 8.83 Å². The Morgan fingerprint density at radius 2 is 0.881 bits per heavy atom. The van der Waals surface area contributed by atoms with Crippen molar-refractivity contribution in [3.8, 4) is 33.4 Å². The molecule has 0 fully saturated rings. The minimum atomic E-state index is 0.807. The van der Waals surface area contributed by atoms with E-state index in [4.69, 9.17) is 8.83 Å². The van der Waals surface area contributed by atoms with Crippen molar-refractivity contribution in [3.63, 3.8) is 0 Å². The zero-order valence-electron chi connectivity index (χ0n) is 32.0. The van der Waals surface area contributed by atoms with Crippen LogP contribution in [0.1, 0.15) is 0 Å². The van der Waals surface area contributed by atoms with Gasteiger partial charge >= 0.3 is 0 Å². The highest BCUT2D eigenvalue weighted by atomic mass is 16.3. The fourth-order valence-electron chi connectivity index (χ4n) is 9.03. The van der Waals surface area contributed by atoms with Gasteiger partial charge < -0.3 is 13.7 Å². The maximum atomic E-state index is 7.25. The molecule has 59 heavy (non-hydrogen) atoms. The average molecular weight is 754 g/mol. The summed E-state index contributed by atoms with van der Waals surface area (Å²) < 4.78 is 14.3. The van der Waals surface area contributed by atoms with Gasteiger partial charge in [-0.2, -0.15) is 0 Å². The van der Waals surface area contributed by atoms with Crippen molar-refractivity contribution in [2.75, 3.05) is 4.90 Å². The second-order valence-corrected chi connectivity index (χ2v) is 15.2. The van der Waals surface area contributed by atoms with Crippen LogP contribution in [0, 0.1) is 0 Å². The van der Waals surface area contributed by atoms with Gasteiger partial charge in [-0.1, -0.05) is 176 Å². The number of fused-ring (bicyclic) bond motifs is 9. The van der Waals surface area contributed by atoms with E-state index in [2.05, 4.69) is 217 Å². The van der Waals surface area contributed by atoms with E-state index in [-0.39, 0.29) is 0 Å². The highest BCUT2D eigenvalue weighted by Crippen LogP contribution is 2.50. The lowest BCUT2D eigenvalue weighted by molar-refractivity contribution is 0.668. The zero-order valence-corrected chi connectivity index (χ0v) is 32.0. The molecule has 0 atom stereocenters. The molecule has 12 rings (SSSR count). The number of anilines is 3. The molecule has 0 saturated heterocycles. The van der Waals surface area contributed by atoms with E-state index in [1.54, 1.807) is 0 Å². The summed E-state index contributed by atoms with van der Waals surface area (Å²) in [6.07, 6.45) is 0. The Bertz CT molecular complexity index is 3540. The Morgan fingerprint density at radius 3 is 1.69 bits per heavy atom. The normalized spacial score (nSPS) is 11.7. The van der Waals surface area contributed by atoms with Crippen LogP contribution in [0.3, 0.4) is 0 Å². The molecule has 2 heterocycles. The predicted molar refractivity (Wildman–Crippen MR) is 247 cm³/mol. The van der Waals surface area contributed by atoms with Crippen molar-refractivity contribution in [1.82, 2.24) is 0 Å². The monoisotopic (exact) mass is 753 g/mol. The smallest absolute Gasteiger partial charge is 0.160 e. The lowest BCUT2D eigenvalue weighted by Crippen LogP contribution is -2.10. The number of hydrogen-bond donors (Lipinski definition) is 0. The number of hydrogen-bond acceptors (Lipinski definition) is 3. The summed E-state index contributed by atoms with van der Waals surface area (Å²) in [5, 5.41) is 9.00. The first kappa shape index (κ1) is 33.3. The Morgan fingerprint density at radius 1 is 0.288 bits per heavy atom. The molecule has 3 nitrogen and oxygen atoms in total. The Balaban J connectivity index is 1.14. The molecule has 0 unspecified atom stereocenters. The van der Waals surface area contributed by atoms with E-state index in [0.717, 1.165) is 99.5 Å². The van der Waals surface area contributed by atoms with Crippen LogP contribution in [0.5, 0.6) is 0 Å². The number of benzene rings is 10. The van der Waals surface area contributed by atoms with Crippen LogP contribution in [0.25, 0.3) is 98.8 Å². The maximum absolute atomic E-state index is 7.25. The minimum Gasteiger partial charge on any atom is -0.453 e. The van der Waals surface area contributed by atoms with Crippen molar-refractivity contribution in [1.29, 1.82) is 0 Å². The summed E-state index contributed by atoms with van der Waals surface area (Å²) in [5.41, 5.74) is 13.0. The molecule has 12 aromatic rings. The number of nitrogens with zero attached hydrogens (tertiary/aromatic N) is 1. The van der Waals surface area contributed by atoms with Gasteiger partial charge in [-0.05, 0) is 80.4 Å². The average Bonchev–Trinajstić information content (AvgIpc) is 3.90. The fraction of sp³-hybridized carbons (Fsp3) is 0. The molecule has 10 aromatic carbocycles. The molecule has 0 N–H and O–H groups in total. The van der Waals surface area contributed by atoms with Gasteiger partial charge in [-0.3, -0.25) is 0 Å². The second kappa shape index (κ2) is 13.4. The molecule has 3 heteroatoms. The number of para-hydroxylation sites is 2. The molecule has 0 saturated carbocycles. The summed E-state index contributed by atoms with van der Waals surface area (Å²) in [6.45, 7) is 0. The molecular weight excluding hydrogens is 719 g/mol. The summed E-state index contributed by atoms with van der Waals surface area (Å²) in [6, 6.07) is 75.5. The van der Waals surface area contributed by atoms with Gasteiger partial charge in [-0.15, -0.1) is 0 Å². The van der Waals surface area contributed by atoms with Gasteiger partial charge in [0.1, 0.15) is 11.2 Å². The third-order valence-electron chi connectivity index (χ3n) is 11.9. The van der Waals surface area contributed by atoms with Gasteiger partial charge in [0, 0.05) is 38.2 Å². The van der Waals surface area contributed by atoms with Crippen LogP contribution in [0.2, 0.25) is 0 Å². The molecule has 0 spiro atoms. The quantitative estimate of drug-likeness (QED) is 0.169. The van der Waals surface area contributed by atoms with E-state index < -0.39 is 0 Å². The second-order valence-electron chi connectivity index (χ2n) is 15.2. The summed E-state index contributed by atoms with van der Waals surface area (Å²) >= 11 is 0. The van der Waals surface area contributed by atoms with Crippen LogP contribution < -0.4 is 4.90 Å². The van der Waals surface area contributed by atoms with Gasteiger partial charge in [0.2, 0.25) is 0 Å². The first-order valence-corrected chi connectivity index (χ1v) is 20.1. The molecule has 276 valence electrons. The van der Waals surface area contributed by atoms with Gasteiger partial charge in [0.15, 0.2) is 11.2 Å². The van der Waals surface area contributed by atoms with E-state index in [9.17, 15) is 0 Å². The number of furan rings is 2. The van der Waals surface area contributed by atoms with E-state index in [1.807, 2.05) is 0 Å². The lowest BCUT2D eigenvalue weighted by atomic mass is 9.96. The Hall–Kier alpha value is -7.88. The molecule has 0 aliphatic heterocycles. The first-order chi connectivity index (χ1) is 29.3. The largest absolute Gasteiger partial charge is 0.453 e. The molecule has 0 aliphatic carbocycles. The highest BCUT2D eigenvalue weighted by molar-refractivity contribution is 6.21. The summed E-state index contributed by atoms with van der Waals surface area (Å²) in [5.74, 6) is 0. The van der Waals surface area contributed by atoms with Crippen molar-refractivity contribution in [2.45, 2.75) is 0 Å². The Labute approximate surface area is 340 Å². The molecule has 0 amide bonds. The topological polar surface area (TPSA) is 29.5 Å². The highest BCUT2D eigenvalue weighted by Gasteiger charge is 2.26. The van der Waals surface area contributed by atoms with Crippen molar-refractivity contribution >= 4 is 82.5 Å². The molecule has 0 radical (unpaired) electrons. The van der Waals surface area contributed by atoms with Crippen LogP contribution in [-0.2, 0) is 0 Å². The molecular formula is C56H35NO2. The lowest BCUT2D eigenvalue weighted by Gasteiger charge is -2.26. The van der Waals surface area contributed by atoms with Crippen LogP contribution >= 0.6 is 0 Å². The van der Waals surface area contributed by atoms with Crippen LogP contribution in [-0.4, -0.2) is 0 Å². The third-order valence-corrected chi connectivity index (χ3v) is 11.9. The zero-order chi connectivity index (χ0) is 38.9. The van der Waals surface area contributed by atoms with E-state index in [0.29, 0.717) is 0 Å². The van der Waals surface area contributed by atoms with Crippen molar-refractivity contribution in [2.24, 2.45) is 0 Å².